The van der Waals surface area contributed by atoms with E-state index in [9.17, 15) is 14.0 Å². The Morgan fingerprint density at radius 3 is 2.24 bits per heavy atom. The number of carbonyl (C=O) groups excluding carboxylic acids is 2. The molecule has 3 aromatic carbocycles. The van der Waals surface area contributed by atoms with Crippen LogP contribution in [-0.4, -0.2) is 44.3 Å². The fraction of sp³-hybridized carbons (Fsp3) is 0.214. The Hall–Kier alpha value is -4.53. The molecule has 1 N–H and O–H groups in total. The van der Waals surface area contributed by atoms with Crippen molar-refractivity contribution in [1.82, 2.24) is 19.9 Å². The van der Waals surface area contributed by atoms with Gasteiger partial charge in [0.05, 0.1) is 12.4 Å². The zero-order valence-electron chi connectivity index (χ0n) is 20.0. The smallest absolute Gasteiger partial charge is 0.247 e. The molecule has 5 rings (SSSR count). The Bertz CT molecular complexity index is 1330. The minimum absolute atomic E-state index is 0.0236. The van der Waals surface area contributed by atoms with Gasteiger partial charge in [-0.15, -0.1) is 0 Å². The molecular formula is C28H26FN5O3. The first kappa shape index (κ1) is 24.2. The predicted molar refractivity (Wildman–Crippen MR) is 135 cm³/mol. The molecule has 0 aliphatic carbocycles. The van der Waals surface area contributed by atoms with Gasteiger partial charge in [-0.05, 0) is 72.9 Å². The summed E-state index contributed by atoms with van der Waals surface area (Å²) in [4.78, 5) is 29.4. The summed E-state index contributed by atoms with van der Waals surface area (Å²) in [6.07, 6.45) is 4.38. The van der Waals surface area contributed by atoms with Crippen molar-refractivity contribution in [3.63, 3.8) is 0 Å². The van der Waals surface area contributed by atoms with Crippen LogP contribution in [0.25, 0.3) is 0 Å². The topological polar surface area (TPSA) is 89.4 Å². The first-order valence-electron chi connectivity index (χ1n) is 12.1. The fourth-order valence-corrected chi connectivity index (χ4v) is 4.55. The van der Waals surface area contributed by atoms with E-state index in [1.54, 1.807) is 41.3 Å². The molecule has 1 aliphatic heterocycles. The lowest BCUT2D eigenvalue weighted by Gasteiger charge is -2.23. The minimum Gasteiger partial charge on any atom is -0.457 e. The Morgan fingerprint density at radius 1 is 0.919 bits per heavy atom. The second-order valence-corrected chi connectivity index (χ2v) is 8.98. The highest BCUT2D eigenvalue weighted by Crippen LogP contribution is 2.29. The average molecular weight is 500 g/mol. The largest absolute Gasteiger partial charge is 0.457 e. The molecule has 8 nitrogen and oxygen atoms in total. The second kappa shape index (κ2) is 11.0. The van der Waals surface area contributed by atoms with Crippen molar-refractivity contribution < 1.29 is 18.7 Å². The maximum Gasteiger partial charge on any atom is 0.247 e. The quantitative estimate of drug-likeness (QED) is 0.390. The molecule has 9 heteroatoms. The van der Waals surface area contributed by atoms with Crippen LogP contribution in [0.1, 0.15) is 12.0 Å². The van der Waals surface area contributed by atoms with Gasteiger partial charge in [0.15, 0.2) is 0 Å². The van der Waals surface area contributed by atoms with Crippen LogP contribution in [0.5, 0.6) is 11.5 Å². The fourth-order valence-electron chi connectivity index (χ4n) is 4.55. The van der Waals surface area contributed by atoms with Crippen LogP contribution in [0.4, 0.5) is 10.1 Å². The van der Waals surface area contributed by atoms with E-state index in [4.69, 9.17) is 4.74 Å². The lowest BCUT2D eigenvalue weighted by Crippen LogP contribution is -2.44. The van der Waals surface area contributed by atoms with Gasteiger partial charge < -0.3 is 15.0 Å². The van der Waals surface area contributed by atoms with Crippen LogP contribution in [0, 0.1) is 11.7 Å². The minimum atomic E-state index is -0.605. The normalized spacial score (nSPS) is 16.9. The van der Waals surface area contributed by atoms with Gasteiger partial charge in [0.1, 0.15) is 29.9 Å². The van der Waals surface area contributed by atoms with Gasteiger partial charge in [0, 0.05) is 12.2 Å². The Kier molecular flexibility index (Phi) is 7.21. The van der Waals surface area contributed by atoms with Gasteiger partial charge in [-0.25, -0.2) is 4.39 Å². The predicted octanol–water partition coefficient (Wildman–Crippen LogP) is 4.31. The van der Waals surface area contributed by atoms with Gasteiger partial charge in [0.25, 0.3) is 0 Å². The third-order valence-corrected chi connectivity index (χ3v) is 6.29. The third kappa shape index (κ3) is 6.19. The molecule has 1 fully saturated rings. The van der Waals surface area contributed by atoms with E-state index in [1.807, 2.05) is 18.2 Å². The zero-order chi connectivity index (χ0) is 25.6. The number of ether oxygens (including phenoxy) is 1. The molecule has 0 spiro atoms. The van der Waals surface area contributed by atoms with E-state index in [0.717, 1.165) is 6.42 Å². The molecule has 1 aromatic heterocycles. The van der Waals surface area contributed by atoms with Crippen molar-refractivity contribution in [1.29, 1.82) is 0 Å². The van der Waals surface area contributed by atoms with Crippen LogP contribution in [0.15, 0.2) is 91.3 Å². The van der Waals surface area contributed by atoms with E-state index >= 15 is 0 Å². The van der Waals surface area contributed by atoms with E-state index in [2.05, 4.69) is 27.6 Å². The van der Waals surface area contributed by atoms with E-state index < -0.39 is 6.04 Å². The highest BCUT2D eigenvalue weighted by Gasteiger charge is 2.39. The van der Waals surface area contributed by atoms with E-state index in [0.29, 0.717) is 30.2 Å². The van der Waals surface area contributed by atoms with Crippen LogP contribution < -0.4 is 10.1 Å². The number of likely N-dealkylation sites (tertiary alicyclic amines) is 1. The first-order valence-corrected chi connectivity index (χ1v) is 12.1. The molecule has 0 saturated carbocycles. The number of halogens is 1. The van der Waals surface area contributed by atoms with E-state index in [-0.39, 0.29) is 30.1 Å². The Labute approximate surface area is 213 Å². The summed E-state index contributed by atoms with van der Waals surface area (Å²) in [7, 11) is 0. The number of aromatic nitrogens is 3. The van der Waals surface area contributed by atoms with Crippen LogP contribution in [0.3, 0.4) is 0 Å². The summed E-state index contributed by atoms with van der Waals surface area (Å²) in [6, 6.07) is 22.1. The number of amides is 2. The number of carbonyl (C=O) groups is 2. The SMILES string of the molecule is O=C(Nc1ccc(Oc2ccc(F)cc2)cc1)[C@@H]1C[C@@H](Cc2ccccc2)CN1C(=O)Cn1nccn1. The van der Waals surface area contributed by atoms with E-state index in [1.165, 1.54) is 34.9 Å². The molecule has 1 saturated heterocycles. The first-order chi connectivity index (χ1) is 18.0. The lowest BCUT2D eigenvalue weighted by atomic mass is 9.96. The number of benzene rings is 3. The molecule has 0 bridgehead atoms. The number of nitrogens with zero attached hydrogens (tertiary/aromatic N) is 4. The van der Waals surface area contributed by atoms with Gasteiger partial charge in [0.2, 0.25) is 11.8 Å². The average Bonchev–Trinajstić information content (AvgIpc) is 3.57. The highest BCUT2D eigenvalue weighted by atomic mass is 19.1. The molecular weight excluding hydrogens is 473 g/mol. The number of anilines is 1. The number of hydrogen-bond acceptors (Lipinski definition) is 5. The zero-order valence-corrected chi connectivity index (χ0v) is 20.0. The van der Waals surface area contributed by atoms with Crippen molar-refractivity contribution in [3.05, 3.63) is 103 Å². The van der Waals surface area contributed by atoms with Crippen molar-refractivity contribution >= 4 is 17.5 Å². The standard InChI is InChI=1S/C28H26FN5O3/c29-22-6-10-24(11-7-22)37-25-12-8-23(9-13-25)32-28(36)26-17-21(16-20-4-2-1-3-5-20)18-33(26)27(35)19-34-30-14-15-31-34/h1-15,21,26H,16-19H2,(H,32,36)/t21-,26+/m1/s1. The molecule has 2 amide bonds. The van der Waals surface area contributed by atoms with Gasteiger partial charge >= 0.3 is 0 Å². The van der Waals surface area contributed by atoms with Crippen molar-refractivity contribution in [2.45, 2.75) is 25.4 Å². The van der Waals surface area contributed by atoms with Crippen LogP contribution in [0.2, 0.25) is 0 Å². The molecule has 4 aromatic rings. The molecule has 2 heterocycles. The van der Waals surface area contributed by atoms with Crippen molar-refractivity contribution in [3.8, 4) is 11.5 Å². The number of hydrogen-bond donors (Lipinski definition) is 1. The summed E-state index contributed by atoms with van der Waals surface area (Å²) >= 11 is 0. The summed E-state index contributed by atoms with van der Waals surface area (Å²) < 4.78 is 18.8. The third-order valence-electron chi connectivity index (χ3n) is 6.29. The molecule has 37 heavy (non-hydrogen) atoms. The van der Waals surface area contributed by atoms with Crippen molar-refractivity contribution in [2.24, 2.45) is 5.92 Å². The summed E-state index contributed by atoms with van der Waals surface area (Å²) in [5.74, 6) is 0.432. The maximum absolute atomic E-state index is 13.3. The number of nitrogens with one attached hydrogen (secondary N) is 1. The van der Waals surface area contributed by atoms with Crippen molar-refractivity contribution in [2.75, 3.05) is 11.9 Å². The molecule has 0 radical (unpaired) electrons. The second-order valence-electron chi connectivity index (χ2n) is 8.98. The summed E-state index contributed by atoms with van der Waals surface area (Å²) in [5.41, 5.74) is 1.76. The van der Waals surface area contributed by atoms with Crippen LogP contribution in [-0.2, 0) is 22.6 Å². The van der Waals surface area contributed by atoms with Gasteiger partial charge in [-0.2, -0.15) is 15.0 Å². The van der Waals surface area contributed by atoms with Gasteiger partial charge in [-0.1, -0.05) is 30.3 Å². The highest BCUT2D eigenvalue weighted by molar-refractivity contribution is 5.97. The lowest BCUT2D eigenvalue weighted by molar-refractivity contribution is -0.137. The molecule has 0 unspecified atom stereocenters. The Morgan fingerprint density at radius 2 is 1.57 bits per heavy atom. The molecule has 2 atom stereocenters. The summed E-state index contributed by atoms with van der Waals surface area (Å²) in [5, 5.41) is 11.0. The molecule has 1 aliphatic rings. The number of rotatable bonds is 8. The maximum atomic E-state index is 13.3. The molecule has 188 valence electrons. The van der Waals surface area contributed by atoms with Gasteiger partial charge in [-0.3, -0.25) is 9.59 Å². The Balaban J connectivity index is 1.26. The van der Waals surface area contributed by atoms with Crippen LogP contribution >= 0.6 is 0 Å². The summed E-state index contributed by atoms with van der Waals surface area (Å²) in [6.45, 7) is 0.460. The monoisotopic (exact) mass is 499 g/mol.